The summed E-state index contributed by atoms with van der Waals surface area (Å²) >= 11 is 0. The second-order valence-corrected chi connectivity index (χ2v) is 6.91. The second kappa shape index (κ2) is 4.27. The molecule has 0 aromatic heterocycles. The molecule has 0 radical (unpaired) electrons. The van der Waals surface area contributed by atoms with Crippen LogP contribution in [0, 0.1) is 11.3 Å². The van der Waals surface area contributed by atoms with Crippen molar-refractivity contribution in [3.63, 3.8) is 0 Å². The molecule has 3 heteroatoms. The number of nitrogens with zero attached hydrogens (tertiary/aromatic N) is 1. The summed E-state index contributed by atoms with van der Waals surface area (Å²) in [6, 6.07) is 0. The van der Waals surface area contributed by atoms with Gasteiger partial charge in [-0.05, 0) is 32.1 Å². The lowest BCUT2D eigenvalue weighted by atomic mass is 9.80. The molecule has 0 aromatic carbocycles. The molecule has 17 heavy (non-hydrogen) atoms. The third-order valence-electron chi connectivity index (χ3n) is 4.62. The average molecular weight is 238 g/mol. The van der Waals surface area contributed by atoms with Gasteiger partial charge in [0.1, 0.15) is 0 Å². The first-order valence-electron chi connectivity index (χ1n) is 6.87. The Kier molecular flexibility index (Phi) is 3.23. The summed E-state index contributed by atoms with van der Waals surface area (Å²) in [7, 11) is 0. The molecule has 2 fully saturated rings. The van der Waals surface area contributed by atoms with E-state index in [1.165, 1.54) is 12.8 Å². The highest BCUT2D eigenvalue weighted by Crippen LogP contribution is 2.44. The van der Waals surface area contributed by atoms with E-state index in [-0.39, 0.29) is 16.9 Å². The number of nitrogens with one attached hydrogen (secondary N) is 1. The summed E-state index contributed by atoms with van der Waals surface area (Å²) in [5.41, 5.74) is 0.159. The fourth-order valence-electron chi connectivity index (χ4n) is 3.36. The summed E-state index contributed by atoms with van der Waals surface area (Å²) in [6.45, 7) is 11.5. The number of hydrogen-bond donors (Lipinski definition) is 1. The van der Waals surface area contributed by atoms with Crippen LogP contribution in [0.3, 0.4) is 0 Å². The SMILES string of the molecule is CC1(C)CCCC1C(=O)N1CCNCC1(C)C. The van der Waals surface area contributed by atoms with E-state index in [0.717, 1.165) is 26.1 Å². The molecule has 0 bridgehead atoms. The van der Waals surface area contributed by atoms with Crippen LogP contribution < -0.4 is 5.32 Å². The van der Waals surface area contributed by atoms with E-state index in [1.54, 1.807) is 0 Å². The molecule has 1 saturated heterocycles. The van der Waals surface area contributed by atoms with Crippen molar-refractivity contribution in [1.29, 1.82) is 0 Å². The number of carbonyl (C=O) groups excluding carboxylic acids is 1. The van der Waals surface area contributed by atoms with Crippen LogP contribution in [0.4, 0.5) is 0 Å². The molecule has 1 atom stereocenters. The fourth-order valence-corrected chi connectivity index (χ4v) is 3.36. The molecule has 3 nitrogen and oxygen atoms in total. The third-order valence-corrected chi connectivity index (χ3v) is 4.62. The molecule has 98 valence electrons. The summed E-state index contributed by atoms with van der Waals surface area (Å²) in [5.74, 6) is 0.624. The number of hydrogen-bond acceptors (Lipinski definition) is 2. The Morgan fingerprint density at radius 2 is 2.00 bits per heavy atom. The maximum absolute atomic E-state index is 12.7. The van der Waals surface area contributed by atoms with Crippen LogP contribution in [0.15, 0.2) is 0 Å². The van der Waals surface area contributed by atoms with Crippen molar-refractivity contribution in [3.05, 3.63) is 0 Å². The maximum atomic E-state index is 12.7. The molecule has 2 rings (SSSR count). The number of amides is 1. The van der Waals surface area contributed by atoms with Gasteiger partial charge in [-0.3, -0.25) is 4.79 Å². The van der Waals surface area contributed by atoms with Crippen molar-refractivity contribution in [3.8, 4) is 0 Å². The van der Waals surface area contributed by atoms with Gasteiger partial charge in [-0.2, -0.15) is 0 Å². The van der Waals surface area contributed by atoms with Crippen LogP contribution >= 0.6 is 0 Å². The highest BCUT2D eigenvalue weighted by molar-refractivity contribution is 5.81. The van der Waals surface area contributed by atoms with Crippen molar-refractivity contribution in [2.75, 3.05) is 19.6 Å². The highest BCUT2D eigenvalue weighted by atomic mass is 16.2. The van der Waals surface area contributed by atoms with Crippen molar-refractivity contribution in [2.45, 2.75) is 52.5 Å². The molecule has 1 saturated carbocycles. The van der Waals surface area contributed by atoms with Gasteiger partial charge in [-0.25, -0.2) is 0 Å². The van der Waals surface area contributed by atoms with Crippen LogP contribution in [0.5, 0.6) is 0 Å². The molecule has 0 spiro atoms. The lowest BCUT2D eigenvalue weighted by molar-refractivity contribution is -0.145. The smallest absolute Gasteiger partial charge is 0.226 e. The number of piperazine rings is 1. The summed E-state index contributed by atoms with van der Waals surface area (Å²) < 4.78 is 0. The summed E-state index contributed by atoms with van der Waals surface area (Å²) in [4.78, 5) is 14.8. The van der Waals surface area contributed by atoms with E-state index in [0.29, 0.717) is 5.91 Å². The molecule has 1 aliphatic heterocycles. The molecule has 0 aromatic rings. The van der Waals surface area contributed by atoms with Gasteiger partial charge in [0.05, 0.1) is 0 Å². The molecule has 2 aliphatic rings. The Labute approximate surface area is 105 Å². The van der Waals surface area contributed by atoms with Crippen LogP contribution in [0.2, 0.25) is 0 Å². The van der Waals surface area contributed by atoms with E-state index in [4.69, 9.17) is 0 Å². The van der Waals surface area contributed by atoms with Crippen LogP contribution in [0.1, 0.15) is 47.0 Å². The molecular weight excluding hydrogens is 212 g/mol. The zero-order valence-electron chi connectivity index (χ0n) is 11.7. The van der Waals surface area contributed by atoms with Crippen molar-refractivity contribution in [1.82, 2.24) is 10.2 Å². The van der Waals surface area contributed by atoms with Gasteiger partial charge in [0.25, 0.3) is 0 Å². The highest BCUT2D eigenvalue weighted by Gasteiger charge is 2.44. The Bertz CT molecular complexity index is 309. The molecule has 1 N–H and O–H groups in total. The normalized spacial score (nSPS) is 31.5. The van der Waals surface area contributed by atoms with Gasteiger partial charge >= 0.3 is 0 Å². The van der Waals surface area contributed by atoms with E-state index in [1.807, 2.05) is 0 Å². The molecular formula is C14H26N2O. The van der Waals surface area contributed by atoms with Crippen molar-refractivity contribution < 1.29 is 4.79 Å². The van der Waals surface area contributed by atoms with Gasteiger partial charge in [-0.1, -0.05) is 20.3 Å². The van der Waals surface area contributed by atoms with E-state index in [2.05, 4.69) is 37.9 Å². The van der Waals surface area contributed by atoms with Gasteiger partial charge in [-0.15, -0.1) is 0 Å². The van der Waals surface area contributed by atoms with Gasteiger partial charge in [0.2, 0.25) is 5.91 Å². The number of carbonyl (C=O) groups is 1. The van der Waals surface area contributed by atoms with E-state index >= 15 is 0 Å². The first-order chi connectivity index (χ1) is 7.84. The van der Waals surface area contributed by atoms with Crippen LogP contribution in [-0.4, -0.2) is 36.0 Å². The van der Waals surface area contributed by atoms with Gasteiger partial charge < -0.3 is 10.2 Å². The van der Waals surface area contributed by atoms with E-state index in [9.17, 15) is 4.79 Å². The zero-order chi connectivity index (χ0) is 12.7. The Morgan fingerprint density at radius 1 is 1.29 bits per heavy atom. The molecule has 1 unspecified atom stereocenters. The van der Waals surface area contributed by atoms with Crippen LogP contribution in [0.25, 0.3) is 0 Å². The van der Waals surface area contributed by atoms with E-state index < -0.39 is 0 Å². The fraction of sp³-hybridized carbons (Fsp3) is 0.929. The topological polar surface area (TPSA) is 32.3 Å². The van der Waals surface area contributed by atoms with Gasteiger partial charge in [0, 0.05) is 31.1 Å². The predicted molar refractivity (Wildman–Crippen MR) is 69.8 cm³/mol. The summed E-state index contributed by atoms with van der Waals surface area (Å²) in [5, 5.41) is 3.38. The second-order valence-electron chi connectivity index (χ2n) is 6.91. The standard InChI is InChI=1S/C14H26N2O/c1-13(2)7-5-6-11(13)12(17)16-9-8-15-10-14(16,3)4/h11,15H,5-10H2,1-4H3. The minimum absolute atomic E-state index is 0.0337. The average Bonchev–Trinajstić information content (AvgIpc) is 2.56. The molecule has 1 amide bonds. The lowest BCUT2D eigenvalue weighted by Gasteiger charge is -2.45. The van der Waals surface area contributed by atoms with Crippen LogP contribution in [-0.2, 0) is 4.79 Å². The largest absolute Gasteiger partial charge is 0.335 e. The monoisotopic (exact) mass is 238 g/mol. The maximum Gasteiger partial charge on any atom is 0.226 e. The predicted octanol–water partition coefficient (Wildman–Crippen LogP) is 2.02. The Morgan fingerprint density at radius 3 is 2.53 bits per heavy atom. The lowest BCUT2D eigenvalue weighted by Crippen LogP contribution is -2.61. The first-order valence-corrected chi connectivity index (χ1v) is 6.87. The zero-order valence-corrected chi connectivity index (χ0v) is 11.7. The quantitative estimate of drug-likeness (QED) is 0.758. The first kappa shape index (κ1) is 12.9. The van der Waals surface area contributed by atoms with Crippen molar-refractivity contribution in [2.24, 2.45) is 11.3 Å². The molecule has 1 heterocycles. The Balaban J connectivity index is 2.14. The van der Waals surface area contributed by atoms with Crippen molar-refractivity contribution >= 4 is 5.91 Å². The summed E-state index contributed by atoms with van der Waals surface area (Å²) in [6.07, 6.45) is 3.47. The Hall–Kier alpha value is -0.570. The minimum Gasteiger partial charge on any atom is -0.335 e. The third kappa shape index (κ3) is 2.35. The minimum atomic E-state index is -0.0337. The number of rotatable bonds is 1. The van der Waals surface area contributed by atoms with Gasteiger partial charge in [0.15, 0.2) is 0 Å². The molecule has 1 aliphatic carbocycles.